The summed E-state index contributed by atoms with van der Waals surface area (Å²) in [5.74, 6) is -0.504. The molecule has 5 nitrogen and oxygen atoms in total. The molecular weight excluding hydrogens is 256 g/mol. The van der Waals surface area contributed by atoms with E-state index in [-0.39, 0.29) is 23.1 Å². The van der Waals surface area contributed by atoms with E-state index in [1.54, 1.807) is 6.07 Å². The molecule has 3 rings (SSSR count). The predicted octanol–water partition coefficient (Wildman–Crippen LogP) is 1.84. The van der Waals surface area contributed by atoms with Crippen molar-refractivity contribution in [1.29, 1.82) is 0 Å². The van der Waals surface area contributed by atoms with Crippen LogP contribution in [0.3, 0.4) is 0 Å². The predicted molar refractivity (Wildman–Crippen MR) is 75.0 cm³/mol. The first-order chi connectivity index (χ1) is 9.39. The van der Waals surface area contributed by atoms with Crippen molar-refractivity contribution in [1.82, 2.24) is 4.98 Å². The van der Waals surface area contributed by atoms with Gasteiger partial charge in [-0.1, -0.05) is 13.8 Å². The lowest BCUT2D eigenvalue weighted by atomic mass is 9.64. The van der Waals surface area contributed by atoms with Gasteiger partial charge in [0.25, 0.3) is 0 Å². The van der Waals surface area contributed by atoms with E-state index in [0.717, 1.165) is 30.5 Å². The van der Waals surface area contributed by atoms with E-state index in [9.17, 15) is 15.0 Å². The number of rotatable bonds is 3. The standard InChI is InChI=1S/C15H20N2O3/c1-15(2)11(7-12(15)18)17-13-9(14(19)20)6-8-4-3-5-10(8)16-13/h6,11-12,18H,3-5,7H2,1-2H3,(H,16,17)(H,19,20). The minimum atomic E-state index is -0.952. The quantitative estimate of drug-likeness (QED) is 0.784. The fourth-order valence-corrected chi connectivity index (χ4v) is 3.06. The number of aryl methyl sites for hydroxylation is 2. The summed E-state index contributed by atoms with van der Waals surface area (Å²) >= 11 is 0. The Labute approximate surface area is 118 Å². The molecule has 1 heterocycles. The molecule has 1 aromatic heterocycles. The third-order valence-corrected chi connectivity index (χ3v) is 4.81. The molecule has 0 saturated heterocycles. The van der Waals surface area contributed by atoms with Crippen LogP contribution in [-0.2, 0) is 12.8 Å². The van der Waals surface area contributed by atoms with E-state index in [0.29, 0.717) is 12.2 Å². The van der Waals surface area contributed by atoms with E-state index in [1.807, 2.05) is 13.8 Å². The molecule has 1 fully saturated rings. The number of aliphatic hydroxyl groups is 1. The van der Waals surface area contributed by atoms with Gasteiger partial charge in [-0.05, 0) is 37.3 Å². The lowest BCUT2D eigenvalue weighted by Gasteiger charge is -2.49. The molecule has 5 heteroatoms. The number of hydrogen-bond acceptors (Lipinski definition) is 4. The summed E-state index contributed by atoms with van der Waals surface area (Å²) in [5, 5.41) is 22.4. The van der Waals surface area contributed by atoms with Gasteiger partial charge in [0.1, 0.15) is 11.4 Å². The van der Waals surface area contributed by atoms with Gasteiger partial charge >= 0.3 is 5.97 Å². The maximum Gasteiger partial charge on any atom is 0.339 e. The lowest BCUT2D eigenvalue weighted by molar-refractivity contribution is -0.0511. The van der Waals surface area contributed by atoms with Crippen molar-refractivity contribution >= 4 is 11.8 Å². The number of fused-ring (bicyclic) bond motifs is 1. The molecule has 0 aromatic carbocycles. The van der Waals surface area contributed by atoms with Crippen molar-refractivity contribution in [2.24, 2.45) is 5.41 Å². The number of nitrogens with one attached hydrogen (secondary N) is 1. The zero-order valence-electron chi connectivity index (χ0n) is 11.8. The summed E-state index contributed by atoms with van der Waals surface area (Å²) < 4.78 is 0. The average molecular weight is 276 g/mol. The van der Waals surface area contributed by atoms with E-state index in [2.05, 4.69) is 10.3 Å². The van der Waals surface area contributed by atoms with E-state index in [1.165, 1.54) is 0 Å². The van der Waals surface area contributed by atoms with Gasteiger partial charge in [0.2, 0.25) is 0 Å². The average Bonchev–Trinajstić information content (AvgIpc) is 2.84. The first kappa shape index (κ1) is 13.4. The molecule has 0 radical (unpaired) electrons. The molecule has 20 heavy (non-hydrogen) atoms. The SMILES string of the molecule is CC1(C)C(O)CC1Nc1nc2c(cc1C(=O)O)CCC2. The minimum absolute atomic E-state index is 0.0579. The zero-order valence-corrected chi connectivity index (χ0v) is 11.8. The highest BCUT2D eigenvalue weighted by Gasteiger charge is 2.47. The van der Waals surface area contributed by atoms with Crippen molar-refractivity contribution < 1.29 is 15.0 Å². The van der Waals surface area contributed by atoms with Gasteiger partial charge in [-0.15, -0.1) is 0 Å². The summed E-state index contributed by atoms with van der Waals surface area (Å²) in [6.45, 7) is 3.96. The fraction of sp³-hybridized carbons (Fsp3) is 0.600. The number of nitrogens with zero attached hydrogens (tertiary/aromatic N) is 1. The second-order valence-electron chi connectivity index (χ2n) is 6.42. The summed E-state index contributed by atoms with van der Waals surface area (Å²) in [6.07, 6.45) is 3.16. The minimum Gasteiger partial charge on any atom is -0.478 e. The Hall–Kier alpha value is -1.62. The van der Waals surface area contributed by atoms with Crippen LogP contribution in [0.2, 0.25) is 0 Å². The molecule has 108 valence electrons. The van der Waals surface area contributed by atoms with Gasteiger partial charge in [0.15, 0.2) is 0 Å². The van der Waals surface area contributed by atoms with Gasteiger partial charge in [0.05, 0.1) is 6.10 Å². The molecule has 2 aliphatic rings. The molecule has 0 bridgehead atoms. The second kappa shape index (κ2) is 4.45. The molecule has 2 aliphatic carbocycles. The Bertz CT molecular complexity index is 568. The van der Waals surface area contributed by atoms with Crippen LogP contribution in [0.25, 0.3) is 0 Å². The van der Waals surface area contributed by atoms with Crippen LogP contribution in [0.4, 0.5) is 5.82 Å². The fourth-order valence-electron chi connectivity index (χ4n) is 3.06. The number of carbonyl (C=O) groups is 1. The Kier molecular flexibility index (Phi) is 2.97. The largest absolute Gasteiger partial charge is 0.478 e. The normalized spacial score (nSPS) is 26.8. The van der Waals surface area contributed by atoms with Crippen molar-refractivity contribution in [2.45, 2.75) is 51.7 Å². The second-order valence-corrected chi connectivity index (χ2v) is 6.42. The highest BCUT2D eigenvalue weighted by molar-refractivity contribution is 5.93. The van der Waals surface area contributed by atoms with Crippen LogP contribution in [0.15, 0.2) is 6.07 Å². The molecule has 2 atom stereocenters. The van der Waals surface area contributed by atoms with Crippen LogP contribution in [-0.4, -0.2) is 33.3 Å². The molecule has 0 spiro atoms. The maximum absolute atomic E-state index is 11.4. The van der Waals surface area contributed by atoms with Gasteiger partial charge in [-0.2, -0.15) is 0 Å². The van der Waals surface area contributed by atoms with Crippen molar-refractivity contribution in [3.8, 4) is 0 Å². The van der Waals surface area contributed by atoms with Crippen molar-refractivity contribution in [3.05, 3.63) is 22.9 Å². The maximum atomic E-state index is 11.4. The number of aromatic carboxylic acids is 1. The molecule has 2 unspecified atom stereocenters. The number of carboxylic acid groups (broad SMARTS) is 1. The lowest BCUT2D eigenvalue weighted by Crippen LogP contribution is -2.57. The molecule has 1 aromatic rings. The van der Waals surface area contributed by atoms with Crippen LogP contribution in [0, 0.1) is 5.41 Å². The van der Waals surface area contributed by atoms with Gasteiger partial charge < -0.3 is 15.5 Å². The van der Waals surface area contributed by atoms with Gasteiger partial charge in [-0.3, -0.25) is 0 Å². The summed E-state index contributed by atoms with van der Waals surface area (Å²) in [6, 6.07) is 1.81. The third-order valence-electron chi connectivity index (χ3n) is 4.81. The topological polar surface area (TPSA) is 82.5 Å². The molecule has 1 saturated carbocycles. The van der Waals surface area contributed by atoms with Crippen molar-refractivity contribution in [2.75, 3.05) is 5.32 Å². The summed E-state index contributed by atoms with van der Waals surface area (Å²) in [4.78, 5) is 15.9. The molecule has 3 N–H and O–H groups in total. The van der Waals surface area contributed by atoms with Crippen LogP contribution >= 0.6 is 0 Å². The van der Waals surface area contributed by atoms with Crippen LogP contribution < -0.4 is 5.32 Å². The van der Waals surface area contributed by atoms with Crippen molar-refractivity contribution in [3.63, 3.8) is 0 Å². The molecule has 0 amide bonds. The Morgan fingerprint density at radius 2 is 2.20 bits per heavy atom. The monoisotopic (exact) mass is 276 g/mol. The number of pyridine rings is 1. The Balaban J connectivity index is 1.91. The van der Waals surface area contributed by atoms with E-state index >= 15 is 0 Å². The third kappa shape index (κ3) is 1.97. The highest BCUT2D eigenvalue weighted by Crippen LogP contribution is 2.42. The smallest absolute Gasteiger partial charge is 0.339 e. The van der Waals surface area contributed by atoms with Gasteiger partial charge in [-0.25, -0.2) is 9.78 Å². The molecular formula is C15H20N2O3. The molecule has 0 aliphatic heterocycles. The number of anilines is 1. The van der Waals surface area contributed by atoms with Crippen LogP contribution in [0.5, 0.6) is 0 Å². The highest BCUT2D eigenvalue weighted by atomic mass is 16.4. The number of carboxylic acids is 1. The first-order valence-electron chi connectivity index (χ1n) is 7.10. The number of hydrogen-bond donors (Lipinski definition) is 3. The number of aromatic nitrogens is 1. The Morgan fingerprint density at radius 3 is 2.80 bits per heavy atom. The Morgan fingerprint density at radius 1 is 1.45 bits per heavy atom. The van der Waals surface area contributed by atoms with Crippen LogP contribution in [0.1, 0.15) is 48.3 Å². The number of aliphatic hydroxyl groups excluding tert-OH is 1. The first-order valence-corrected chi connectivity index (χ1v) is 7.10. The van der Waals surface area contributed by atoms with E-state index < -0.39 is 5.97 Å². The van der Waals surface area contributed by atoms with E-state index in [4.69, 9.17) is 0 Å². The summed E-state index contributed by atoms with van der Waals surface area (Å²) in [5.41, 5.74) is 2.05. The summed E-state index contributed by atoms with van der Waals surface area (Å²) in [7, 11) is 0. The zero-order chi connectivity index (χ0) is 14.5. The van der Waals surface area contributed by atoms with Gasteiger partial charge in [0, 0.05) is 17.2 Å².